The maximum Gasteiger partial charge on any atom is 0.195 e. The molecule has 0 aromatic carbocycles. The first kappa shape index (κ1) is 15.8. The smallest absolute Gasteiger partial charge is 0.195 e. The summed E-state index contributed by atoms with van der Waals surface area (Å²) in [5, 5.41) is 13.0. The number of nitriles is 1. The van der Waals surface area contributed by atoms with Gasteiger partial charge in [0, 0.05) is 18.5 Å². The van der Waals surface area contributed by atoms with E-state index in [1.165, 1.54) is 17.3 Å². The summed E-state index contributed by atoms with van der Waals surface area (Å²) in [4.78, 5) is 4.11. The van der Waals surface area contributed by atoms with Crippen LogP contribution in [0.4, 0.5) is 10.2 Å². The van der Waals surface area contributed by atoms with E-state index < -0.39 is 0 Å². The summed E-state index contributed by atoms with van der Waals surface area (Å²) in [7, 11) is 0. The van der Waals surface area contributed by atoms with Crippen LogP contribution in [0, 0.1) is 11.3 Å². The van der Waals surface area contributed by atoms with Gasteiger partial charge < -0.3 is 0 Å². The third-order valence-electron chi connectivity index (χ3n) is 1.91. The number of aromatic nitrogens is 1. The first-order valence-corrected chi connectivity index (χ1v) is 5.75. The van der Waals surface area contributed by atoms with Gasteiger partial charge in [0.25, 0.3) is 0 Å². The minimum absolute atomic E-state index is 0.150. The Morgan fingerprint density at radius 1 is 1.50 bits per heavy atom. The molecule has 5 heteroatoms. The van der Waals surface area contributed by atoms with Crippen LogP contribution in [0.25, 0.3) is 0 Å². The van der Waals surface area contributed by atoms with E-state index in [-0.39, 0.29) is 6.47 Å². The first-order chi connectivity index (χ1) is 8.81. The molecule has 0 aliphatic heterocycles. The molecule has 96 valence electrons. The Labute approximate surface area is 107 Å². The third-order valence-corrected chi connectivity index (χ3v) is 1.91. The van der Waals surface area contributed by atoms with Crippen molar-refractivity contribution in [2.45, 2.75) is 27.2 Å². The van der Waals surface area contributed by atoms with Crippen molar-refractivity contribution < 1.29 is 4.39 Å². The lowest BCUT2D eigenvalue weighted by Crippen LogP contribution is -2.08. The van der Waals surface area contributed by atoms with E-state index in [0.717, 1.165) is 12.0 Å². The van der Waals surface area contributed by atoms with E-state index in [1.54, 1.807) is 18.3 Å². The van der Waals surface area contributed by atoms with Crippen molar-refractivity contribution in [2.24, 2.45) is 5.10 Å². The average Bonchev–Trinajstić information content (AvgIpc) is 2.46. The number of aryl methyl sites for hydroxylation is 1. The number of hydrogen-bond donors (Lipinski definition) is 0. The molecule has 1 rings (SSSR count). The molecule has 0 radical (unpaired) electrons. The van der Waals surface area contributed by atoms with Gasteiger partial charge in [-0.1, -0.05) is 26.8 Å². The fraction of sp³-hybridized carbons (Fsp3) is 0.308. The van der Waals surface area contributed by atoms with Gasteiger partial charge in [-0.25, -0.2) is 9.99 Å². The van der Waals surface area contributed by atoms with E-state index in [2.05, 4.69) is 10.1 Å². The van der Waals surface area contributed by atoms with Crippen LogP contribution in [-0.4, -0.2) is 11.5 Å². The number of hydrazone groups is 1. The monoisotopic (exact) mass is 248 g/mol. The molecular formula is C13H17FN4. The highest BCUT2D eigenvalue weighted by atomic mass is 19.1. The standard InChI is InChI=1S/C11H11FN4.C2H6/c1-2-10-4-5-11(14-8-10)16(15-9-12)7-3-6-13;1-2/h3-5,7-9H,2H2,1H3;1-2H3/b7-3+,15-9-;. The van der Waals surface area contributed by atoms with Crippen LogP contribution >= 0.6 is 0 Å². The highest BCUT2D eigenvalue weighted by Gasteiger charge is 2.01. The van der Waals surface area contributed by atoms with Crippen molar-refractivity contribution >= 4 is 12.3 Å². The number of pyridine rings is 1. The molecule has 0 spiro atoms. The van der Waals surface area contributed by atoms with E-state index >= 15 is 0 Å². The number of nitrogens with zero attached hydrogens (tertiary/aromatic N) is 4. The average molecular weight is 248 g/mol. The van der Waals surface area contributed by atoms with Crippen molar-refractivity contribution in [2.75, 3.05) is 5.01 Å². The molecule has 0 saturated carbocycles. The quantitative estimate of drug-likeness (QED) is 0.466. The van der Waals surface area contributed by atoms with Gasteiger partial charge >= 0.3 is 0 Å². The van der Waals surface area contributed by atoms with Crippen molar-refractivity contribution in [3.05, 3.63) is 36.2 Å². The van der Waals surface area contributed by atoms with Crippen molar-refractivity contribution in [1.82, 2.24) is 4.98 Å². The van der Waals surface area contributed by atoms with E-state index in [1.807, 2.05) is 26.8 Å². The summed E-state index contributed by atoms with van der Waals surface area (Å²) < 4.78 is 12.0. The van der Waals surface area contributed by atoms with Crippen molar-refractivity contribution in [3.8, 4) is 6.07 Å². The van der Waals surface area contributed by atoms with Gasteiger partial charge in [0.05, 0.1) is 6.07 Å². The molecule has 0 amide bonds. The summed E-state index contributed by atoms with van der Waals surface area (Å²) in [6.07, 6.45) is 5.11. The molecule has 0 aliphatic carbocycles. The number of anilines is 1. The Kier molecular flexibility index (Phi) is 8.74. The number of rotatable bonds is 4. The van der Waals surface area contributed by atoms with Crippen LogP contribution < -0.4 is 5.01 Å². The number of halogens is 1. The van der Waals surface area contributed by atoms with Crippen LogP contribution in [0.2, 0.25) is 0 Å². The molecule has 4 nitrogen and oxygen atoms in total. The summed E-state index contributed by atoms with van der Waals surface area (Å²) in [5.74, 6) is 0.456. The number of allylic oxidation sites excluding steroid dienone is 1. The molecule has 0 N–H and O–H groups in total. The van der Waals surface area contributed by atoms with Gasteiger partial charge in [0.1, 0.15) is 0 Å². The summed E-state index contributed by atoms with van der Waals surface area (Å²) in [6.45, 7) is 6.17. The molecule has 0 bridgehead atoms. The second-order valence-corrected chi connectivity index (χ2v) is 2.88. The maximum atomic E-state index is 12.0. The van der Waals surface area contributed by atoms with Crippen LogP contribution in [0.5, 0.6) is 0 Å². The molecule has 0 atom stereocenters. The normalized spacial score (nSPS) is 9.94. The van der Waals surface area contributed by atoms with Crippen LogP contribution in [0.15, 0.2) is 35.7 Å². The lowest BCUT2D eigenvalue weighted by atomic mass is 10.2. The molecule has 0 aliphatic rings. The SMILES string of the molecule is CC.CCc1ccc(N(/C=C/C#N)/N=C\F)nc1. The molecular weight excluding hydrogens is 231 g/mol. The molecule has 0 saturated heterocycles. The zero-order valence-electron chi connectivity index (χ0n) is 10.8. The number of hydrogen-bond acceptors (Lipinski definition) is 4. The highest BCUT2D eigenvalue weighted by molar-refractivity contribution is 5.51. The topological polar surface area (TPSA) is 52.3 Å². The second-order valence-electron chi connectivity index (χ2n) is 2.88. The molecule has 0 fully saturated rings. The largest absolute Gasteiger partial charge is 0.237 e. The van der Waals surface area contributed by atoms with Crippen LogP contribution in [-0.2, 0) is 6.42 Å². The molecule has 1 aromatic rings. The predicted molar refractivity (Wildman–Crippen MR) is 71.8 cm³/mol. The molecule has 18 heavy (non-hydrogen) atoms. The van der Waals surface area contributed by atoms with Gasteiger partial charge in [0.15, 0.2) is 12.3 Å². The van der Waals surface area contributed by atoms with Crippen molar-refractivity contribution in [3.63, 3.8) is 0 Å². The Morgan fingerprint density at radius 3 is 2.67 bits per heavy atom. The fourth-order valence-electron chi connectivity index (χ4n) is 1.09. The lowest BCUT2D eigenvalue weighted by molar-refractivity contribution is 0.823. The predicted octanol–water partition coefficient (Wildman–Crippen LogP) is 3.43. The van der Waals surface area contributed by atoms with E-state index in [0.29, 0.717) is 5.82 Å². The van der Waals surface area contributed by atoms with Gasteiger partial charge in [-0.3, -0.25) is 0 Å². The Balaban J connectivity index is 0.00000137. The highest BCUT2D eigenvalue weighted by Crippen LogP contribution is 2.12. The van der Waals surface area contributed by atoms with Gasteiger partial charge in [0.2, 0.25) is 0 Å². The van der Waals surface area contributed by atoms with Crippen LogP contribution in [0.1, 0.15) is 26.3 Å². The second kappa shape index (κ2) is 9.97. The first-order valence-electron chi connectivity index (χ1n) is 5.75. The van der Waals surface area contributed by atoms with E-state index in [9.17, 15) is 4.39 Å². The molecule has 1 aromatic heterocycles. The molecule has 0 unspecified atom stereocenters. The third kappa shape index (κ3) is 5.21. The Morgan fingerprint density at radius 2 is 2.22 bits per heavy atom. The molecule has 1 heterocycles. The van der Waals surface area contributed by atoms with Gasteiger partial charge in [-0.2, -0.15) is 9.65 Å². The lowest BCUT2D eigenvalue weighted by Gasteiger charge is -2.11. The van der Waals surface area contributed by atoms with Crippen molar-refractivity contribution in [1.29, 1.82) is 5.26 Å². The summed E-state index contributed by atoms with van der Waals surface area (Å²) in [5.41, 5.74) is 1.08. The Bertz CT molecular complexity index is 418. The fourth-order valence-corrected chi connectivity index (χ4v) is 1.09. The van der Waals surface area contributed by atoms with Gasteiger partial charge in [-0.15, -0.1) is 5.10 Å². The summed E-state index contributed by atoms with van der Waals surface area (Å²) in [6, 6.07) is 5.40. The van der Waals surface area contributed by atoms with Crippen LogP contribution in [0.3, 0.4) is 0 Å². The zero-order valence-corrected chi connectivity index (χ0v) is 10.8. The van der Waals surface area contributed by atoms with E-state index in [4.69, 9.17) is 5.26 Å². The minimum atomic E-state index is 0.150. The zero-order chi connectivity index (χ0) is 13.8. The summed E-state index contributed by atoms with van der Waals surface area (Å²) >= 11 is 0. The Hall–Kier alpha value is -2.22. The maximum absolute atomic E-state index is 12.0. The van der Waals surface area contributed by atoms with Gasteiger partial charge in [-0.05, 0) is 18.1 Å². The minimum Gasteiger partial charge on any atom is -0.237 e.